The molecule has 0 atom stereocenters. The molecule has 8 heteroatoms. The Kier molecular flexibility index (Phi) is 5.65. The van der Waals surface area contributed by atoms with E-state index in [4.69, 9.17) is 4.98 Å². The molecule has 1 N–H and O–H groups in total. The molecule has 1 aliphatic rings. The third kappa shape index (κ3) is 4.27. The van der Waals surface area contributed by atoms with E-state index >= 15 is 0 Å². The highest BCUT2D eigenvalue weighted by Gasteiger charge is 2.26. The number of hydrogen-bond donors (Lipinski definition) is 1. The fraction of sp³-hybridized carbons (Fsp3) is 0.500. The number of aromatic amines is 1. The lowest BCUT2D eigenvalue weighted by Gasteiger charge is -2.32. The lowest BCUT2D eigenvalue weighted by molar-refractivity contribution is -0.133. The molecule has 1 fully saturated rings. The van der Waals surface area contributed by atoms with Crippen LogP contribution in [-0.4, -0.2) is 48.9 Å². The van der Waals surface area contributed by atoms with Crippen LogP contribution in [0.5, 0.6) is 0 Å². The number of likely N-dealkylation sites (tertiary alicyclic amines) is 1. The van der Waals surface area contributed by atoms with Gasteiger partial charge < -0.3 is 9.88 Å². The summed E-state index contributed by atoms with van der Waals surface area (Å²) in [5.74, 6) is 1.35. The van der Waals surface area contributed by atoms with Gasteiger partial charge in [0.25, 0.3) is 5.56 Å². The number of H-pyrrole nitrogens is 1. The molecule has 2 aromatic heterocycles. The van der Waals surface area contributed by atoms with Crippen LogP contribution in [0.15, 0.2) is 29.1 Å². The minimum absolute atomic E-state index is 0.118. The second kappa shape index (κ2) is 8.38. The molecule has 0 saturated carbocycles. The number of aryl methyl sites for hydroxylation is 1. The first-order valence-electron chi connectivity index (χ1n) is 10.6. The number of benzene rings is 1. The summed E-state index contributed by atoms with van der Waals surface area (Å²) in [6.07, 6.45) is 2.16. The van der Waals surface area contributed by atoms with Crippen LogP contribution in [0, 0.1) is 12.8 Å². The Morgan fingerprint density at radius 3 is 2.57 bits per heavy atom. The number of nitrogens with zero attached hydrogens (tertiary/aromatic N) is 5. The maximum Gasteiger partial charge on any atom is 0.281 e. The van der Waals surface area contributed by atoms with Crippen LogP contribution in [0.4, 0.5) is 0 Å². The quantitative estimate of drug-likeness (QED) is 0.700. The molecule has 0 unspecified atom stereocenters. The molecule has 0 aliphatic carbocycles. The van der Waals surface area contributed by atoms with Gasteiger partial charge in [-0.1, -0.05) is 48.9 Å². The summed E-state index contributed by atoms with van der Waals surface area (Å²) in [5, 5.41) is 8.19. The van der Waals surface area contributed by atoms with Crippen molar-refractivity contribution in [2.45, 2.75) is 52.5 Å². The molecule has 1 aliphatic heterocycles. The van der Waals surface area contributed by atoms with Gasteiger partial charge in [0, 0.05) is 25.4 Å². The molecule has 0 radical (unpaired) electrons. The molecule has 8 nitrogen and oxygen atoms in total. The van der Waals surface area contributed by atoms with Crippen molar-refractivity contribution in [1.29, 1.82) is 0 Å². The van der Waals surface area contributed by atoms with E-state index in [9.17, 15) is 9.59 Å². The summed E-state index contributed by atoms with van der Waals surface area (Å²) in [7, 11) is 0. The van der Waals surface area contributed by atoms with Gasteiger partial charge in [0.1, 0.15) is 5.82 Å². The molecule has 158 valence electrons. The van der Waals surface area contributed by atoms with E-state index in [1.54, 1.807) is 4.68 Å². The number of aromatic nitrogens is 5. The molecular formula is C22H28N6O2. The summed E-state index contributed by atoms with van der Waals surface area (Å²) >= 11 is 0. The summed E-state index contributed by atoms with van der Waals surface area (Å²) in [6, 6.07) is 8.19. The smallest absolute Gasteiger partial charge is 0.281 e. The SMILES string of the molecule is Cc1ccc(Cn2nnc3c(=O)[nH]c(C4CCN(C(=O)CC(C)C)CC4)nc32)cc1. The summed E-state index contributed by atoms with van der Waals surface area (Å²) in [5.41, 5.74) is 2.77. The van der Waals surface area contributed by atoms with Crippen molar-refractivity contribution < 1.29 is 4.79 Å². The maximum absolute atomic E-state index is 12.6. The van der Waals surface area contributed by atoms with E-state index < -0.39 is 0 Å². The van der Waals surface area contributed by atoms with Gasteiger partial charge in [0.05, 0.1) is 6.54 Å². The second-order valence-corrected chi connectivity index (χ2v) is 8.61. The Hall–Kier alpha value is -3.03. The van der Waals surface area contributed by atoms with Gasteiger partial charge in [-0.05, 0) is 31.2 Å². The zero-order valence-electron chi connectivity index (χ0n) is 17.8. The molecule has 30 heavy (non-hydrogen) atoms. The number of piperidine rings is 1. The van der Waals surface area contributed by atoms with Crippen molar-refractivity contribution in [3.05, 3.63) is 51.6 Å². The van der Waals surface area contributed by atoms with E-state index in [1.165, 1.54) is 5.56 Å². The third-order valence-electron chi connectivity index (χ3n) is 5.66. The Morgan fingerprint density at radius 2 is 1.90 bits per heavy atom. The van der Waals surface area contributed by atoms with Crippen molar-refractivity contribution in [2.24, 2.45) is 5.92 Å². The van der Waals surface area contributed by atoms with E-state index in [2.05, 4.69) is 41.3 Å². The minimum atomic E-state index is -0.261. The van der Waals surface area contributed by atoms with Crippen LogP contribution in [0.1, 0.15) is 56.0 Å². The Labute approximate surface area is 175 Å². The maximum atomic E-state index is 12.6. The van der Waals surface area contributed by atoms with Gasteiger partial charge in [-0.25, -0.2) is 9.67 Å². The first-order valence-corrected chi connectivity index (χ1v) is 10.6. The monoisotopic (exact) mass is 408 g/mol. The first-order chi connectivity index (χ1) is 14.4. The van der Waals surface area contributed by atoms with Gasteiger partial charge in [0.2, 0.25) is 5.91 Å². The van der Waals surface area contributed by atoms with E-state index in [-0.39, 0.29) is 22.9 Å². The topological polar surface area (TPSA) is 96.8 Å². The van der Waals surface area contributed by atoms with Gasteiger partial charge >= 0.3 is 0 Å². The van der Waals surface area contributed by atoms with E-state index in [0.29, 0.717) is 43.4 Å². The number of rotatable bonds is 5. The van der Waals surface area contributed by atoms with Crippen LogP contribution in [0.2, 0.25) is 0 Å². The van der Waals surface area contributed by atoms with Crippen molar-refractivity contribution >= 4 is 17.1 Å². The average Bonchev–Trinajstić information content (AvgIpc) is 3.12. The zero-order chi connectivity index (χ0) is 21.3. The number of carbonyl (C=O) groups excluding carboxylic acids is 1. The van der Waals surface area contributed by atoms with Crippen LogP contribution in [0.25, 0.3) is 11.2 Å². The van der Waals surface area contributed by atoms with Gasteiger partial charge in [-0.2, -0.15) is 0 Å². The largest absolute Gasteiger partial charge is 0.343 e. The van der Waals surface area contributed by atoms with Gasteiger partial charge in [0.15, 0.2) is 11.2 Å². The molecule has 1 amide bonds. The molecule has 3 heterocycles. The number of nitrogens with one attached hydrogen (secondary N) is 1. The van der Waals surface area contributed by atoms with Crippen LogP contribution in [-0.2, 0) is 11.3 Å². The number of carbonyl (C=O) groups is 1. The highest BCUT2D eigenvalue weighted by atomic mass is 16.2. The fourth-order valence-electron chi connectivity index (χ4n) is 3.93. The predicted octanol–water partition coefficient (Wildman–Crippen LogP) is 2.62. The lowest BCUT2D eigenvalue weighted by Crippen LogP contribution is -2.38. The van der Waals surface area contributed by atoms with E-state index in [1.807, 2.05) is 24.0 Å². The number of amides is 1. The summed E-state index contributed by atoms with van der Waals surface area (Å²) in [4.78, 5) is 34.4. The molecule has 1 aromatic carbocycles. The minimum Gasteiger partial charge on any atom is -0.343 e. The molecule has 1 saturated heterocycles. The molecule has 0 spiro atoms. The highest BCUT2D eigenvalue weighted by Crippen LogP contribution is 2.26. The molecule has 4 rings (SSSR count). The predicted molar refractivity (Wildman–Crippen MR) is 114 cm³/mol. The van der Waals surface area contributed by atoms with E-state index in [0.717, 1.165) is 18.4 Å². The summed E-state index contributed by atoms with van der Waals surface area (Å²) in [6.45, 7) is 8.06. The van der Waals surface area contributed by atoms with Crippen LogP contribution >= 0.6 is 0 Å². The first kappa shape index (κ1) is 20.3. The number of hydrogen-bond acceptors (Lipinski definition) is 5. The van der Waals surface area contributed by atoms with Crippen molar-refractivity contribution in [2.75, 3.05) is 13.1 Å². The lowest BCUT2D eigenvalue weighted by atomic mass is 9.95. The number of fused-ring (bicyclic) bond motifs is 1. The van der Waals surface area contributed by atoms with Gasteiger partial charge in [-0.3, -0.25) is 9.59 Å². The molecular weight excluding hydrogens is 380 g/mol. The normalized spacial score (nSPS) is 15.3. The van der Waals surface area contributed by atoms with Crippen molar-refractivity contribution in [3.8, 4) is 0 Å². The standard InChI is InChI=1S/C22H28N6O2/c1-14(2)12-18(29)27-10-8-17(9-11-27)20-23-21-19(22(30)24-20)25-26-28(21)13-16-6-4-15(3)5-7-16/h4-7,14,17H,8-13H2,1-3H3,(H,23,24,30). The summed E-state index contributed by atoms with van der Waals surface area (Å²) < 4.78 is 1.68. The van der Waals surface area contributed by atoms with Crippen LogP contribution in [0.3, 0.4) is 0 Å². The Morgan fingerprint density at radius 1 is 1.20 bits per heavy atom. The second-order valence-electron chi connectivity index (χ2n) is 8.61. The average molecular weight is 409 g/mol. The highest BCUT2D eigenvalue weighted by molar-refractivity contribution is 5.76. The Bertz CT molecular complexity index is 1090. The molecule has 3 aromatic rings. The van der Waals surface area contributed by atoms with Gasteiger partial charge in [-0.15, -0.1) is 5.10 Å². The zero-order valence-corrected chi connectivity index (χ0v) is 17.8. The van der Waals surface area contributed by atoms with Crippen molar-refractivity contribution in [3.63, 3.8) is 0 Å². The van der Waals surface area contributed by atoms with Crippen LogP contribution < -0.4 is 5.56 Å². The molecule has 0 bridgehead atoms. The van der Waals surface area contributed by atoms with Crippen molar-refractivity contribution in [1.82, 2.24) is 29.9 Å². The third-order valence-corrected chi connectivity index (χ3v) is 5.66. The Balaban J connectivity index is 1.53. The fourth-order valence-corrected chi connectivity index (χ4v) is 3.93.